The number of nitrogens with zero attached hydrogens (tertiary/aromatic N) is 1. The Labute approximate surface area is 266 Å². The number of carbonyl (C=O) groups is 4. The molecule has 11 nitrogen and oxygen atoms in total. The van der Waals surface area contributed by atoms with E-state index in [1.165, 1.54) is 4.90 Å². The highest BCUT2D eigenvalue weighted by atomic mass is 16.6. The molecular formula is C35H36N2O9. The summed E-state index contributed by atoms with van der Waals surface area (Å²) in [7, 11) is 3.22. The number of nitrogens with one attached hydrogen (secondary N) is 1. The summed E-state index contributed by atoms with van der Waals surface area (Å²) in [6, 6.07) is 25.2. The van der Waals surface area contributed by atoms with Crippen LogP contribution >= 0.6 is 0 Å². The van der Waals surface area contributed by atoms with Crippen molar-refractivity contribution in [1.29, 1.82) is 0 Å². The van der Waals surface area contributed by atoms with Crippen molar-refractivity contribution >= 4 is 23.7 Å². The van der Waals surface area contributed by atoms with E-state index in [0.717, 1.165) is 16.7 Å². The lowest BCUT2D eigenvalue weighted by Crippen LogP contribution is -2.45. The van der Waals surface area contributed by atoms with Crippen molar-refractivity contribution in [1.82, 2.24) is 10.2 Å². The topological polar surface area (TPSA) is 141 Å². The van der Waals surface area contributed by atoms with Crippen molar-refractivity contribution in [2.24, 2.45) is 11.8 Å². The molecule has 6 rings (SSSR count). The van der Waals surface area contributed by atoms with E-state index in [1.807, 2.05) is 78.9 Å². The number of carboxylic acid groups (broad SMARTS) is 1. The highest BCUT2D eigenvalue weighted by Crippen LogP contribution is 2.53. The smallest absolute Gasteiger partial charge is 0.303 e. The fourth-order valence-corrected chi connectivity index (χ4v) is 6.97. The van der Waals surface area contributed by atoms with Crippen LogP contribution in [0.4, 0.5) is 0 Å². The summed E-state index contributed by atoms with van der Waals surface area (Å²) < 4.78 is 24.4. The Bertz CT molecular complexity index is 1550. The summed E-state index contributed by atoms with van der Waals surface area (Å²) in [5.74, 6) is -2.13. The van der Waals surface area contributed by atoms with Gasteiger partial charge in [0.05, 0.1) is 50.8 Å². The van der Waals surface area contributed by atoms with Crippen LogP contribution in [0.2, 0.25) is 0 Å². The molecule has 3 aliphatic heterocycles. The molecule has 3 aromatic carbocycles. The van der Waals surface area contributed by atoms with Crippen molar-refractivity contribution in [2.45, 2.75) is 43.2 Å². The van der Waals surface area contributed by atoms with E-state index in [2.05, 4.69) is 5.32 Å². The molecule has 46 heavy (non-hydrogen) atoms. The molecule has 3 aromatic rings. The number of fused-ring (bicyclic) bond motifs is 5. The maximum Gasteiger partial charge on any atom is 0.303 e. The van der Waals surface area contributed by atoms with E-state index in [0.29, 0.717) is 17.9 Å². The van der Waals surface area contributed by atoms with E-state index < -0.39 is 47.6 Å². The molecule has 0 radical (unpaired) electrons. The Morgan fingerprint density at radius 1 is 0.848 bits per heavy atom. The summed E-state index contributed by atoms with van der Waals surface area (Å²) in [5, 5.41) is 11.4. The van der Waals surface area contributed by atoms with E-state index in [1.54, 1.807) is 14.2 Å². The maximum atomic E-state index is 13.7. The molecule has 5 atom stereocenters. The first-order valence-corrected chi connectivity index (χ1v) is 15.3. The summed E-state index contributed by atoms with van der Waals surface area (Å²) >= 11 is 0. The van der Waals surface area contributed by atoms with Gasteiger partial charge in [-0.1, -0.05) is 54.6 Å². The number of benzene rings is 3. The molecule has 240 valence electrons. The fraction of sp³-hybridized carbons (Fsp3) is 0.371. The molecule has 0 aliphatic carbocycles. The number of methoxy groups -OCH3 is 2. The lowest BCUT2D eigenvalue weighted by molar-refractivity contribution is -0.144. The lowest BCUT2D eigenvalue weighted by atomic mass is 9.77. The van der Waals surface area contributed by atoms with Gasteiger partial charge in [0.15, 0.2) is 0 Å². The summed E-state index contributed by atoms with van der Waals surface area (Å²) in [4.78, 5) is 51.0. The van der Waals surface area contributed by atoms with E-state index in [9.17, 15) is 19.2 Å². The minimum absolute atomic E-state index is 0.0000905. The van der Waals surface area contributed by atoms with Gasteiger partial charge in [-0.2, -0.15) is 0 Å². The highest BCUT2D eigenvalue weighted by Gasteiger charge is 2.66. The molecule has 2 bridgehead atoms. The summed E-state index contributed by atoms with van der Waals surface area (Å²) in [6.45, 7) is 0.0393. The van der Waals surface area contributed by atoms with Crippen LogP contribution in [-0.2, 0) is 34.3 Å². The molecule has 3 amide bonds. The minimum atomic E-state index is -1.11. The SMILES string of the molecule is COc1ccc(C(O[C@H]2CC3OC2C2C(=O)N(CCNC(=O)CCC(=O)O)C(=O)C32)(c2ccccc2)c2ccc(OC)cc2)cc1. The molecule has 3 fully saturated rings. The zero-order chi connectivity index (χ0) is 32.4. The van der Waals surface area contributed by atoms with E-state index in [4.69, 9.17) is 24.1 Å². The Morgan fingerprint density at radius 3 is 1.98 bits per heavy atom. The second-order valence-corrected chi connectivity index (χ2v) is 11.7. The first-order valence-electron chi connectivity index (χ1n) is 15.3. The van der Waals surface area contributed by atoms with Gasteiger partial charge in [-0.25, -0.2) is 0 Å². The predicted molar refractivity (Wildman–Crippen MR) is 164 cm³/mol. The maximum absolute atomic E-state index is 13.7. The number of likely N-dealkylation sites (tertiary alicyclic amines) is 1. The van der Waals surface area contributed by atoms with Crippen molar-refractivity contribution in [3.05, 3.63) is 95.6 Å². The van der Waals surface area contributed by atoms with E-state index >= 15 is 0 Å². The fourth-order valence-electron chi connectivity index (χ4n) is 6.97. The van der Waals surface area contributed by atoms with Gasteiger partial charge < -0.3 is 29.4 Å². The van der Waals surface area contributed by atoms with Gasteiger partial charge in [-0.3, -0.25) is 24.1 Å². The third-order valence-electron chi connectivity index (χ3n) is 9.13. The molecule has 0 saturated carbocycles. The van der Waals surface area contributed by atoms with Crippen LogP contribution in [0, 0.1) is 11.8 Å². The van der Waals surface area contributed by atoms with Gasteiger partial charge in [-0.15, -0.1) is 0 Å². The van der Waals surface area contributed by atoms with Crippen LogP contribution in [0.1, 0.15) is 36.0 Å². The Morgan fingerprint density at radius 2 is 1.41 bits per heavy atom. The average molecular weight is 629 g/mol. The van der Waals surface area contributed by atoms with Crippen LogP contribution in [-0.4, -0.2) is 79.3 Å². The molecular weight excluding hydrogens is 592 g/mol. The average Bonchev–Trinajstić information content (AvgIpc) is 3.74. The van der Waals surface area contributed by atoms with Gasteiger partial charge >= 0.3 is 5.97 Å². The predicted octanol–water partition coefficient (Wildman–Crippen LogP) is 3.13. The highest BCUT2D eigenvalue weighted by molar-refractivity contribution is 6.06. The number of imide groups is 1. The Balaban J connectivity index is 1.29. The minimum Gasteiger partial charge on any atom is -0.497 e. The molecule has 4 unspecified atom stereocenters. The number of ether oxygens (including phenoxy) is 4. The first-order chi connectivity index (χ1) is 22.3. The van der Waals surface area contributed by atoms with Crippen molar-refractivity contribution in [2.75, 3.05) is 27.3 Å². The number of aliphatic carboxylic acids is 1. The number of carbonyl (C=O) groups excluding carboxylic acids is 3. The second kappa shape index (κ2) is 12.9. The van der Waals surface area contributed by atoms with Gasteiger partial charge in [-0.05, 0) is 41.0 Å². The number of hydrogen-bond donors (Lipinski definition) is 2. The summed E-state index contributed by atoms with van der Waals surface area (Å²) in [6.07, 6.45) is -1.72. The second-order valence-electron chi connectivity index (χ2n) is 11.7. The molecule has 2 N–H and O–H groups in total. The van der Waals surface area contributed by atoms with Crippen LogP contribution in [0.3, 0.4) is 0 Å². The third-order valence-corrected chi connectivity index (χ3v) is 9.13. The van der Waals surface area contributed by atoms with Crippen LogP contribution in [0.25, 0.3) is 0 Å². The number of carboxylic acids is 1. The van der Waals surface area contributed by atoms with Crippen LogP contribution < -0.4 is 14.8 Å². The van der Waals surface area contributed by atoms with Gasteiger partial charge in [0.1, 0.15) is 17.1 Å². The quantitative estimate of drug-likeness (QED) is 0.216. The molecule has 0 aromatic heterocycles. The van der Waals surface area contributed by atoms with Crippen LogP contribution in [0.5, 0.6) is 11.5 Å². The van der Waals surface area contributed by atoms with Gasteiger partial charge in [0, 0.05) is 25.9 Å². The third kappa shape index (κ3) is 5.60. The van der Waals surface area contributed by atoms with Crippen LogP contribution in [0.15, 0.2) is 78.9 Å². The summed E-state index contributed by atoms with van der Waals surface area (Å²) in [5.41, 5.74) is 1.45. The zero-order valence-electron chi connectivity index (χ0n) is 25.6. The molecule has 3 saturated heterocycles. The lowest BCUT2D eigenvalue weighted by Gasteiger charge is -2.40. The zero-order valence-corrected chi connectivity index (χ0v) is 25.6. The standard InChI is InChI=1S/C35H36N2O9/c1-43-24-12-8-22(9-13-24)35(21-6-4-3-5-7-21,23-10-14-25(44-2)15-11-23)46-27-20-26-30-31(32(27)45-26)34(42)37(33(30)41)19-18-36-28(38)16-17-29(39)40/h3-15,26-27,30-32H,16-20H2,1-2H3,(H,36,38)(H,39,40)/t26?,27-,30?,31?,32?/m0/s1. The first kappa shape index (κ1) is 31.3. The number of amides is 3. The molecule has 0 spiro atoms. The van der Waals surface area contributed by atoms with Crippen molar-refractivity contribution < 1.29 is 43.2 Å². The van der Waals surface area contributed by atoms with Gasteiger partial charge in [0.2, 0.25) is 17.7 Å². The monoisotopic (exact) mass is 628 g/mol. The number of hydrogen-bond acceptors (Lipinski definition) is 8. The van der Waals surface area contributed by atoms with E-state index in [-0.39, 0.29) is 37.7 Å². The normalized spacial score (nSPS) is 23.3. The van der Waals surface area contributed by atoms with Crippen molar-refractivity contribution in [3.8, 4) is 11.5 Å². The Hall–Kier alpha value is -4.74. The number of rotatable bonds is 13. The largest absolute Gasteiger partial charge is 0.497 e. The molecule has 3 heterocycles. The molecule has 3 aliphatic rings. The Kier molecular flexibility index (Phi) is 8.79. The molecule has 11 heteroatoms. The van der Waals surface area contributed by atoms with Crippen molar-refractivity contribution in [3.63, 3.8) is 0 Å². The van der Waals surface area contributed by atoms with Gasteiger partial charge in [0.25, 0.3) is 0 Å².